The van der Waals surface area contributed by atoms with Crippen molar-refractivity contribution in [3.63, 3.8) is 0 Å². The van der Waals surface area contributed by atoms with E-state index in [1.807, 2.05) is 19.1 Å². The summed E-state index contributed by atoms with van der Waals surface area (Å²) in [6, 6.07) is 6.18. The van der Waals surface area contributed by atoms with Gasteiger partial charge in [-0.15, -0.1) is 0 Å². The Labute approximate surface area is 113 Å². The number of aromatic nitrogens is 2. The molecule has 0 radical (unpaired) electrons. The average Bonchev–Trinajstić information content (AvgIpc) is 2.27. The van der Waals surface area contributed by atoms with Crippen LogP contribution in [0.25, 0.3) is 0 Å². The molecule has 1 heterocycles. The van der Waals surface area contributed by atoms with Gasteiger partial charge < -0.3 is 5.32 Å². The molecule has 1 N–H and O–H groups in total. The second-order valence-corrected chi connectivity index (χ2v) is 4.97. The molecule has 0 saturated heterocycles. The first-order valence-corrected chi connectivity index (χ1v) is 6.25. The van der Waals surface area contributed by atoms with Gasteiger partial charge in [0.2, 0.25) is 5.28 Å². The molecule has 3 nitrogen and oxygen atoms in total. The number of benzene rings is 1. The maximum Gasteiger partial charge on any atom is 0.224 e. The van der Waals surface area contributed by atoms with Crippen LogP contribution in [0.4, 0.5) is 11.5 Å². The van der Waals surface area contributed by atoms with E-state index in [-0.39, 0.29) is 5.28 Å². The van der Waals surface area contributed by atoms with E-state index in [9.17, 15) is 0 Å². The molecule has 2 aromatic rings. The van der Waals surface area contributed by atoms with Crippen molar-refractivity contribution in [1.29, 1.82) is 0 Å². The highest BCUT2D eigenvalue weighted by molar-refractivity contribution is 9.10. The van der Waals surface area contributed by atoms with Gasteiger partial charge in [-0.1, -0.05) is 17.7 Å². The Bertz CT molecular complexity index is 557. The van der Waals surface area contributed by atoms with Crippen molar-refractivity contribution in [3.8, 4) is 0 Å². The van der Waals surface area contributed by atoms with Crippen LogP contribution in [0, 0.1) is 13.8 Å². The van der Waals surface area contributed by atoms with Crippen molar-refractivity contribution in [2.45, 2.75) is 13.8 Å². The smallest absolute Gasteiger partial charge is 0.224 e. The van der Waals surface area contributed by atoms with E-state index in [1.165, 1.54) is 5.56 Å². The molecular formula is C12H11BrClN3. The molecule has 0 atom stereocenters. The molecule has 0 aliphatic carbocycles. The standard InChI is InChI=1S/C12H11BrClN3/c1-7-3-4-10(8(2)5-7)16-11-9(13)6-15-12(14)17-11/h3-6H,1-2H3,(H,15,16,17). The van der Waals surface area contributed by atoms with Gasteiger partial charge in [-0.05, 0) is 53.0 Å². The Morgan fingerprint density at radius 1 is 1.29 bits per heavy atom. The van der Waals surface area contributed by atoms with Crippen molar-refractivity contribution in [2.75, 3.05) is 5.32 Å². The molecule has 0 unspecified atom stereocenters. The summed E-state index contributed by atoms with van der Waals surface area (Å²) in [6.07, 6.45) is 1.63. The minimum Gasteiger partial charge on any atom is -0.339 e. The minimum absolute atomic E-state index is 0.223. The molecule has 2 rings (SSSR count). The van der Waals surface area contributed by atoms with Gasteiger partial charge in [0, 0.05) is 11.9 Å². The molecule has 0 bridgehead atoms. The van der Waals surface area contributed by atoms with E-state index >= 15 is 0 Å². The van der Waals surface area contributed by atoms with Crippen LogP contribution in [0.5, 0.6) is 0 Å². The van der Waals surface area contributed by atoms with E-state index < -0.39 is 0 Å². The third-order valence-corrected chi connectivity index (χ3v) is 3.11. The fraction of sp³-hybridized carbons (Fsp3) is 0.167. The van der Waals surface area contributed by atoms with E-state index in [0.29, 0.717) is 5.82 Å². The predicted molar refractivity (Wildman–Crippen MR) is 73.9 cm³/mol. The molecule has 88 valence electrons. The molecule has 0 aliphatic heterocycles. The Kier molecular flexibility index (Phi) is 3.64. The van der Waals surface area contributed by atoms with Gasteiger partial charge in [-0.25, -0.2) is 4.98 Å². The Hall–Kier alpha value is -1.13. The lowest BCUT2D eigenvalue weighted by Gasteiger charge is -2.10. The molecule has 0 aliphatic rings. The molecule has 1 aromatic heterocycles. The van der Waals surface area contributed by atoms with Crippen LogP contribution in [0.1, 0.15) is 11.1 Å². The zero-order valence-electron chi connectivity index (χ0n) is 9.46. The van der Waals surface area contributed by atoms with Crippen molar-refractivity contribution in [2.24, 2.45) is 0 Å². The second kappa shape index (κ2) is 5.02. The van der Waals surface area contributed by atoms with E-state index in [1.54, 1.807) is 6.20 Å². The molecule has 1 aromatic carbocycles. The quantitative estimate of drug-likeness (QED) is 0.842. The zero-order valence-corrected chi connectivity index (χ0v) is 11.8. The van der Waals surface area contributed by atoms with Crippen molar-refractivity contribution < 1.29 is 0 Å². The summed E-state index contributed by atoms with van der Waals surface area (Å²) in [7, 11) is 0. The highest BCUT2D eigenvalue weighted by Gasteiger charge is 2.05. The largest absolute Gasteiger partial charge is 0.339 e. The number of hydrogen-bond donors (Lipinski definition) is 1. The molecule has 0 fully saturated rings. The fourth-order valence-corrected chi connectivity index (χ4v) is 1.94. The van der Waals surface area contributed by atoms with Crippen LogP contribution in [-0.2, 0) is 0 Å². The van der Waals surface area contributed by atoms with Gasteiger partial charge in [-0.2, -0.15) is 4.98 Å². The van der Waals surface area contributed by atoms with Crippen LogP contribution in [0.2, 0.25) is 5.28 Å². The van der Waals surface area contributed by atoms with Crippen molar-refractivity contribution >= 4 is 39.0 Å². The number of nitrogens with one attached hydrogen (secondary N) is 1. The summed E-state index contributed by atoms with van der Waals surface area (Å²) in [6.45, 7) is 4.11. The van der Waals surface area contributed by atoms with Crippen LogP contribution in [0.15, 0.2) is 28.9 Å². The van der Waals surface area contributed by atoms with Crippen LogP contribution in [0.3, 0.4) is 0 Å². The Morgan fingerprint density at radius 2 is 2.06 bits per heavy atom. The first-order valence-electron chi connectivity index (χ1n) is 5.08. The summed E-state index contributed by atoms with van der Waals surface area (Å²) < 4.78 is 0.780. The number of anilines is 2. The monoisotopic (exact) mass is 311 g/mol. The Balaban J connectivity index is 2.34. The van der Waals surface area contributed by atoms with Crippen LogP contribution in [-0.4, -0.2) is 9.97 Å². The first-order chi connectivity index (χ1) is 8.06. The molecular weight excluding hydrogens is 302 g/mol. The van der Waals surface area contributed by atoms with Crippen LogP contribution < -0.4 is 5.32 Å². The molecule has 5 heteroatoms. The van der Waals surface area contributed by atoms with Crippen molar-refractivity contribution in [1.82, 2.24) is 9.97 Å². The number of rotatable bonds is 2. The Morgan fingerprint density at radius 3 is 2.76 bits per heavy atom. The summed E-state index contributed by atoms with van der Waals surface area (Å²) in [4.78, 5) is 8.01. The van der Waals surface area contributed by atoms with Gasteiger partial charge in [0.25, 0.3) is 0 Å². The minimum atomic E-state index is 0.223. The van der Waals surface area contributed by atoms with Gasteiger partial charge in [-0.3, -0.25) is 0 Å². The summed E-state index contributed by atoms with van der Waals surface area (Å²) in [5.74, 6) is 0.664. The highest BCUT2D eigenvalue weighted by Crippen LogP contribution is 2.26. The molecule has 0 spiro atoms. The zero-order chi connectivity index (χ0) is 12.4. The fourth-order valence-electron chi connectivity index (χ4n) is 1.51. The summed E-state index contributed by atoms with van der Waals surface area (Å²) in [5.41, 5.74) is 3.39. The SMILES string of the molecule is Cc1ccc(Nc2nc(Cl)ncc2Br)c(C)c1. The van der Waals surface area contributed by atoms with E-state index in [0.717, 1.165) is 15.7 Å². The maximum absolute atomic E-state index is 5.77. The third kappa shape index (κ3) is 2.96. The average molecular weight is 313 g/mol. The summed E-state index contributed by atoms with van der Waals surface area (Å²) in [5, 5.41) is 3.45. The van der Waals surface area contributed by atoms with Gasteiger partial charge in [0.05, 0.1) is 4.47 Å². The van der Waals surface area contributed by atoms with Gasteiger partial charge in [0.1, 0.15) is 5.82 Å². The van der Waals surface area contributed by atoms with E-state index in [4.69, 9.17) is 11.6 Å². The molecule has 17 heavy (non-hydrogen) atoms. The summed E-state index contributed by atoms with van der Waals surface area (Å²) >= 11 is 9.15. The molecule has 0 saturated carbocycles. The van der Waals surface area contributed by atoms with E-state index in [2.05, 4.69) is 44.2 Å². The number of hydrogen-bond acceptors (Lipinski definition) is 3. The lowest BCUT2D eigenvalue weighted by atomic mass is 10.1. The highest BCUT2D eigenvalue weighted by atomic mass is 79.9. The van der Waals surface area contributed by atoms with Crippen LogP contribution >= 0.6 is 27.5 Å². The van der Waals surface area contributed by atoms with Crippen molar-refractivity contribution in [3.05, 3.63) is 45.3 Å². The second-order valence-electron chi connectivity index (χ2n) is 3.78. The number of nitrogens with zero attached hydrogens (tertiary/aromatic N) is 2. The van der Waals surface area contributed by atoms with Gasteiger partial charge >= 0.3 is 0 Å². The maximum atomic E-state index is 5.77. The number of aryl methyl sites for hydroxylation is 2. The molecule has 0 amide bonds. The first kappa shape index (κ1) is 12.3. The predicted octanol–water partition coefficient (Wildman–Crippen LogP) is 4.25. The lowest BCUT2D eigenvalue weighted by Crippen LogP contribution is -1.98. The van der Waals surface area contributed by atoms with Gasteiger partial charge in [0.15, 0.2) is 0 Å². The lowest BCUT2D eigenvalue weighted by molar-refractivity contribution is 1.15. The third-order valence-electron chi connectivity index (χ3n) is 2.35. The topological polar surface area (TPSA) is 37.8 Å². The number of halogens is 2. The normalized spacial score (nSPS) is 10.4.